The highest BCUT2D eigenvalue weighted by Crippen LogP contribution is 2.51. The topological polar surface area (TPSA) is 59.9 Å². The summed E-state index contributed by atoms with van der Waals surface area (Å²) < 4.78 is 80.9. The Balaban J connectivity index is 1.36. The molecule has 240 valence electrons. The van der Waals surface area contributed by atoms with E-state index in [-0.39, 0.29) is 0 Å². The second-order valence-electron chi connectivity index (χ2n) is 11.8. The zero-order chi connectivity index (χ0) is 34.5. The zero-order valence-electron chi connectivity index (χ0n) is 25.5. The molecular formula is C40H23F6N3. The van der Waals surface area contributed by atoms with E-state index in [1.54, 1.807) is 30.3 Å². The lowest BCUT2D eigenvalue weighted by molar-refractivity contribution is -0.138. The van der Waals surface area contributed by atoms with Gasteiger partial charge in [-0.2, -0.15) is 41.9 Å². The quantitative estimate of drug-likeness (QED) is 0.105. The van der Waals surface area contributed by atoms with Crippen LogP contribution in [0.15, 0.2) is 108 Å². The number of unbranched alkanes of at least 4 members (excludes halogenated alkanes) is 2. The van der Waals surface area contributed by atoms with Gasteiger partial charge in [-0.15, -0.1) is 0 Å². The molecule has 2 aliphatic rings. The molecule has 2 aliphatic carbocycles. The molecule has 0 atom stereocenters. The Morgan fingerprint density at radius 3 is 1.61 bits per heavy atom. The Morgan fingerprint density at radius 2 is 1.04 bits per heavy atom. The largest absolute Gasteiger partial charge is 0.416 e. The van der Waals surface area contributed by atoms with Crippen LogP contribution in [0.3, 0.4) is 0 Å². The summed E-state index contributed by atoms with van der Waals surface area (Å²) in [5.41, 5.74) is 8.06. The summed E-state index contributed by atoms with van der Waals surface area (Å²) in [6, 6.07) is 27.2. The number of aliphatic imine (C=N–C) groups is 1. The molecule has 3 nitrogen and oxygen atoms in total. The van der Waals surface area contributed by atoms with E-state index in [1.165, 1.54) is 12.1 Å². The van der Waals surface area contributed by atoms with Crippen molar-refractivity contribution < 1.29 is 26.3 Å². The van der Waals surface area contributed by atoms with Crippen LogP contribution in [0.4, 0.5) is 26.3 Å². The van der Waals surface area contributed by atoms with Gasteiger partial charge in [0.25, 0.3) is 0 Å². The molecule has 0 aromatic heterocycles. The van der Waals surface area contributed by atoms with Crippen LogP contribution in [-0.4, -0.2) is 5.71 Å². The number of nitriles is 2. The van der Waals surface area contributed by atoms with E-state index in [0.29, 0.717) is 58.4 Å². The lowest BCUT2D eigenvalue weighted by Gasteiger charge is -2.11. The van der Waals surface area contributed by atoms with Crippen molar-refractivity contribution in [1.82, 2.24) is 0 Å². The average molecular weight is 660 g/mol. The first-order valence-electron chi connectivity index (χ1n) is 15.4. The number of hydrogen-bond acceptors (Lipinski definition) is 3. The first-order valence-corrected chi connectivity index (χ1v) is 15.4. The molecule has 0 aliphatic heterocycles. The normalized spacial score (nSPS) is 14.6. The molecular weight excluding hydrogens is 636 g/mol. The van der Waals surface area contributed by atoms with Crippen molar-refractivity contribution in [3.63, 3.8) is 0 Å². The minimum Gasteiger partial charge on any atom is -0.198 e. The van der Waals surface area contributed by atoms with Gasteiger partial charge in [0.1, 0.15) is 0 Å². The van der Waals surface area contributed by atoms with Crippen molar-refractivity contribution in [2.75, 3.05) is 0 Å². The van der Waals surface area contributed by atoms with Crippen molar-refractivity contribution in [1.29, 1.82) is 10.5 Å². The molecule has 9 heteroatoms. The molecule has 5 aromatic carbocycles. The highest BCUT2D eigenvalue weighted by molar-refractivity contribution is 6.26. The summed E-state index contributed by atoms with van der Waals surface area (Å²) in [7, 11) is 0. The fourth-order valence-corrected chi connectivity index (χ4v) is 6.66. The van der Waals surface area contributed by atoms with Gasteiger partial charge in [0.2, 0.25) is 6.19 Å². The van der Waals surface area contributed by atoms with E-state index < -0.39 is 23.5 Å². The third-order valence-corrected chi connectivity index (χ3v) is 8.92. The fraction of sp³-hybridized carbons (Fsp3) is 0.125. The fourth-order valence-electron chi connectivity index (χ4n) is 6.66. The van der Waals surface area contributed by atoms with Crippen molar-refractivity contribution in [3.8, 4) is 56.8 Å². The minimum atomic E-state index is -4.50. The summed E-state index contributed by atoms with van der Waals surface area (Å²) in [4.78, 5) is 4.16. The monoisotopic (exact) mass is 659 g/mol. The molecule has 0 heterocycles. The van der Waals surface area contributed by atoms with Gasteiger partial charge in [0.05, 0.1) is 22.9 Å². The maximum atomic E-state index is 13.5. The third-order valence-electron chi connectivity index (χ3n) is 8.92. The van der Waals surface area contributed by atoms with Gasteiger partial charge in [-0.3, -0.25) is 0 Å². The molecule has 0 saturated carbocycles. The van der Waals surface area contributed by atoms with Crippen molar-refractivity contribution in [2.24, 2.45) is 4.99 Å². The third kappa shape index (κ3) is 5.68. The standard InChI is InChI=1S/C40H23F6N3/c41-39(42,43)27-8-4-6-23(16-27)25-11-13-30-32(18-25)29(10-2-1-3-15-47)33-20-35-31-14-12-26(24-7-5-9-28(17-24)40(44,45)46)19-36(31)38(49-22-48)37(35)21-34(30)33/h4-14,16-21H,1-3H2/b29-10+,49-38?. The molecule has 0 spiro atoms. The van der Waals surface area contributed by atoms with E-state index in [2.05, 4.69) is 11.1 Å². The Hall–Kier alpha value is -5.93. The van der Waals surface area contributed by atoms with Crippen LogP contribution < -0.4 is 0 Å². The molecule has 49 heavy (non-hydrogen) atoms. The number of allylic oxidation sites excluding steroid dienone is 1. The van der Waals surface area contributed by atoms with Gasteiger partial charge < -0.3 is 0 Å². The van der Waals surface area contributed by atoms with Gasteiger partial charge in [0, 0.05) is 17.5 Å². The highest BCUT2D eigenvalue weighted by Gasteiger charge is 2.34. The van der Waals surface area contributed by atoms with Crippen LogP contribution in [0.1, 0.15) is 52.6 Å². The van der Waals surface area contributed by atoms with Crippen molar-refractivity contribution in [3.05, 3.63) is 137 Å². The van der Waals surface area contributed by atoms with E-state index in [4.69, 9.17) is 5.26 Å². The van der Waals surface area contributed by atoms with Crippen LogP contribution in [0.2, 0.25) is 0 Å². The number of fused-ring (bicyclic) bond motifs is 6. The van der Waals surface area contributed by atoms with Gasteiger partial charge >= 0.3 is 12.4 Å². The number of hydrogen-bond donors (Lipinski definition) is 0. The smallest absolute Gasteiger partial charge is 0.198 e. The number of rotatable bonds is 5. The lowest BCUT2D eigenvalue weighted by Crippen LogP contribution is -2.04. The van der Waals surface area contributed by atoms with Crippen molar-refractivity contribution >= 4 is 11.3 Å². The average Bonchev–Trinajstić information content (AvgIpc) is 3.55. The van der Waals surface area contributed by atoms with E-state index in [0.717, 1.165) is 63.2 Å². The maximum absolute atomic E-state index is 13.5. The lowest BCUT2D eigenvalue weighted by atomic mass is 9.95. The first-order chi connectivity index (χ1) is 23.5. The summed E-state index contributed by atoms with van der Waals surface area (Å²) in [5.74, 6) is 0. The molecule has 0 fully saturated rings. The number of benzene rings is 5. The molecule has 0 bridgehead atoms. The summed E-state index contributed by atoms with van der Waals surface area (Å²) >= 11 is 0. The zero-order valence-corrected chi connectivity index (χ0v) is 25.5. The molecule has 0 unspecified atom stereocenters. The summed E-state index contributed by atoms with van der Waals surface area (Å²) in [6.45, 7) is 0. The SMILES string of the molecule is N#CCCC/C=C1\c2cc(-c3cccc(C(F)(F)F)c3)ccc2-c2cc3c(cc21)-c1ccc(-c2cccc(C(F)(F)F)c2)cc1C3=NC#N. The van der Waals surface area contributed by atoms with Crippen LogP contribution in [0.5, 0.6) is 0 Å². The molecule has 0 radical (unpaired) electrons. The highest BCUT2D eigenvalue weighted by atomic mass is 19.4. The number of halogens is 6. The molecule has 0 saturated heterocycles. The van der Waals surface area contributed by atoms with Gasteiger partial charge in [-0.1, -0.05) is 54.6 Å². The Kier molecular flexibility index (Phi) is 7.72. The predicted molar refractivity (Wildman–Crippen MR) is 176 cm³/mol. The summed E-state index contributed by atoms with van der Waals surface area (Å²) in [6.07, 6.45) is -3.46. The van der Waals surface area contributed by atoms with Gasteiger partial charge in [-0.25, -0.2) is 0 Å². The molecule has 0 amide bonds. The Bertz CT molecular complexity index is 2310. The van der Waals surface area contributed by atoms with Crippen LogP contribution in [-0.2, 0) is 12.4 Å². The van der Waals surface area contributed by atoms with E-state index in [9.17, 15) is 31.6 Å². The van der Waals surface area contributed by atoms with Crippen LogP contribution in [0.25, 0.3) is 50.1 Å². The maximum Gasteiger partial charge on any atom is 0.416 e. The van der Waals surface area contributed by atoms with Gasteiger partial charge in [0.15, 0.2) is 0 Å². The molecule has 0 N–H and O–H groups in total. The second kappa shape index (κ2) is 11.9. The minimum absolute atomic E-state index is 0.369. The molecule has 7 rings (SSSR count). The van der Waals surface area contributed by atoms with E-state index >= 15 is 0 Å². The number of nitrogens with zero attached hydrogens (tertiary/aromatic N) is 3. The first kappa shape index (κ1) is 31.7. The number of alkyl halides is 6. The predicted octanol–water partition coefficient (Wildman–Crippen LogP) is 11.5. The van der Waals surface area contributed by atoms with E-state index in [1.807, 2.05) is 42.6 Å². The second-order valence-corrected chi connectivity index (χ2v) is 11.8. The van der Waals surface area contributed by atoms with Crippen LogP contribution >= 0.6 is 0 Å². The molecule has 5 aromatic rings. The summed E-state index contributed by atoms with van der Waals surface area (Å²) in [5, 5.41) is 18.8. The Morgan fingerprint density at radius 1 is 0.551 bits per heavy atom. The van der Waals surface area contributed by atoms with Crippen molar-refractivity contribution in [2.45, 2.75) is 31.6 Å². The van der Waals surface area contributed by atoms with Crippen LogP contribution in [0, 0.1) is 22.8 Å². The Labute approximate surface area is 277 Å². The van der Waals surface area contributed by atoms with Gasteiger partial charge in [-0.05, 0) is 123 Å².